The third kappa shape index (κ3) is 6.10. The molecular weight excluding hydrogens is 459 g/mol. The van der Waals surface area contributed by atoms with E-state index in [-0.39, 0.29) is 23.8 Å². The highest BCUT2D eigenvalue weighted by Gasteiger charge is 2.41. The maximum Gasteiger partial charge on any atom is 0.341 e. The van der Waals surface area contributed by atoms with Crippen molar-refractivity contribution in [1.29, 1.82) is 0 Å². The molecule has 184 valence electrons. The predicted molar refractivity (Wildman–Crippen MR) is 130 cm³/mol. The number of halogens is 2. The number of aliphatic carboxylic acids is 1. The minimum absolute atomic E-state index is 0.0644. The zero-order valence-electron chi connectivity index (χ0n) is 19.9. The Morgan fingerprint density at radius 1 is 1.29 bits per heavy atom. The maximum atomic E-state index is 13.6. The molecule has 0 unspecified atom stereocenters. The van der Waals surface area contributed by atoms with Crippen LogP contribution < -0.4 is 9.47 Å². The molecule has 0 amide bonds. The third-order valence-corrected chi connectivity index (χ3v) is 6.55. The second-order valence-electron chi connectivity index (χ2n) is 8.79. The van der Waals surface area contributed by atoms with Crippen LogP contribution in [0, 0.1) is 11.7 Å². The first-order chi connectivity index (χ1) is 16.2. The summed E-state index contributed by atoms with van der Waals surface area (Å²) in [5, 5.41) is 9.62. The molecule has 0 saturated carbocycles. The Hall–Kier alpha value is -2.57. The van der Waals surface area contributed by atoms with E-state index in [2.05, 4.69) is 13.5 Å². The summed E-state index contributed by atoms with van der Waals surface area (Å²) in [5.41, 5.74) is 2.59. The van der Waals surface area contributed by atoms with Gasteiger partial charge in [-0.2, -0.15) is 0 Å². The molecule has 7 heteroatoms. The van der Waals surface area contributed by atoms with Gasteiger partial charge >= 0.3 is 5.97 Å². The molecule has 1 N–H and O–H groups in total. The summed E-state index contributed by atoms with van der Waals surface area (Å²) in [7, 11) is 1.48. The molecule has 0 aromatic heterocycles. The summed E-state index contributed by atoms with van der Waals surface area (Å²) in [4.78, 5) is 11.2. The lowest BCUT2D eigenvalue weighted by Crippen LogP contribution is -2.36. The van der Waals surface area contributed by atoms with Crippen LogP contribution in [0.3, 0.4) is 0 Å². The van der Waals surface area contributed by atoms with E-state index in [1.54, 1.807) is 12.1 Å². The molecule has 5 nitrogen and oxygen atoms in total. The van der Waals surface area contributed by atoms with Crippen LogP contribution in [0.2, 0.25) is 5.02 Å². The number of rotatable bonds is 10. The first kappa shape index (κ1) is 26.0. The molecular formula is C27H32ClFO5. The average Bonchev–Trinajstić information content (AvgIpc) is 2.81. The Bertz CT molecular complexity index is 1010. The smallest absolute Gasteiger partial charge is 0.341 e. The highest BCUT2D eigenvalue weighted by atomic mass is 35.5. The number of carbonyl (C=O) groups is 1. The fourth-order valence-electron chi connectivity index (χ4n) is 4.65. The van der Waals surface area contributed by atoms with Crippen LogP contribution >= 0.6 is 11.6 Å². The molecule has 0 aliphatic carbocycles. The van der Waals surface area contributed by atoms with E-state index >= 15 is 0 Å². The van der Waals surface area contributed by atoms with Crippen LogP contribution in [0.4, 0.5) is 4.39 Å². The standard InChI is InChI=1S/C27H32ClFO5/c1-5-6-7-23-21(17-8-10-19(29)11-9-17)14-20(16(2)3)26(34-23)22-12-18(28)13-24(32-4)27(22)33-15-25(30)31/h8-13,20-21,23,26H,2,5-7,14-15H2,1,3-4H3,(H,30,31)/t20-,21-,23+,26+/m1/s1. The average molecular weight is 491 g/mol. The summed E-state index contributed by atoms with van der Waals surface area (Å²) in [5.74, 6) is -0.747. The van der Waals surface area contributed by atoms with E-state index in [4.69, 9.17) is 25.8 Å². The van der Waals surface area contributed by atoms with E-state index in [0.717, 1.165) is 36.8 Å². The number of unbranched alkanes of at least 4 members (excludes halogenated alkanes) is 1. The lowest BCUT2D eigenvalue weighted by Gasteiger charge is -2.43. The van der Waals surface area contributed by atoms with E-state index in [1.165, 1.54) is 19.2 Å². The lowest BCUT2D eigenvalue weighted by molar-refractivity contribution is -0.139. The van der Waals surface area contributed by atoms with Gasteiger partial charge in [-0.05, 0) is 43.5 Å². The van der Waals surface area contributed by atoms with Crippen LogP contribution in [0.15, 0.2) is 48.6 Å². The monoisotopic (exact) mass is 490 g/mol. The fraction of sp³-hybridized carbons (Fsp3) is 0.444. The molecule has 2 aromatic carbocycles. The van der Waals surface area contributed by atoms with Gasteiger partial charge in [0.1, 0.15) is 5.82 Å². The van der Waals surface area contributed by atoms with E-state index < -0.39 is 18.7 Å². The largest absolute Gasteiger partial charge is 0.493 e. The highest BCUT2D eigenvalue weighted by molar-refractivity contribution is 6.30. The summed E-state index contributed by atoms with van der Waals surface area (Å²) >= 11 is 6.40. The molecule has 3 rings (SSSR count). The van der Waals surface area contributed by atoms with Gasteiger partial charge in [0, 0.05) is 28.5 Å². The Balaban J connectivity index is 2.06. The van der Waals surface area contributed by atoms with Gasteiger partial charge < -0.3 is 19.3 Å². The molecule has 0 bridgehead atoms. The number of methoxy groups -OCH3 is 1. The van der Waals surface area contributed by atoms with Crippen molar-refractivity contribution in [3.63, 3.8) is 0 Å². The molecule has 0 radical (unpaired) electrons. The first-order valence-corrected chi connectivity index (χ1v) is 11.9. The summed E-state index contributed by atoms with van der Waals surface area (Å²) < 4.78 is 31.5. The number of benzene rings is 2. The number of hydrogen-bond acceptors (Lipinski definition) is 4. The highest BCUT2D eigenvalue weighted by Crippen LogP contribution is 2.51. The third-order valence-electron chi connectivity index (χ3n) is 6.33. The Kier molecular flexibility index (Phi) is 8.97. The number of carboxylic acid groups (broad SMARTS) is 1. The number of carboxylic acids is 1. The van der Waals surface area contributed by atoms with Gasteiger partial charge in [0.2, 0.25) is 0 Å². The number of hydrogen-bond donors (Lipinski definition) is 1. The van der Waals surface area contributed by atoms with Gasteiger partial charge in [-0.1, -0.05) is 55.7 Å². The minimum Gasteiger partial charge on any atom is -0.493 e. The Morgan fingerprint density at radius 3 is 2.59 bits per heavy atom. The van der Waals surface area contributed by atoms with Crippen LogP contribution in [-0.2, 0) is 9.53 Å². The molecule has 34 heavy (non-hydrogen) atoms. The van der Waals surface area contributed by atoms with Gasteiger partial charge in [-0.3, -0.25) is 0 Å². The van der Waals surface area contributed by atoms with Crippen LogP contribution in [0.1, 0.15) is 62.7 Å². The second-order valence-corrected chi connectivity index (χ2v) is 9.23. The van der Waals surface area contributed by atoms with Crippen molar-refractivity contribution in [2.75, 3.05) is 13.7 Å². The second kappa shape index (κ2) is 11.7. The van der Waals surface area contributed by atoms with Crippen molar-refractivity contribution in [1.82, 2.24) is 0 Å². The maximum absolute atomic E-state index is 13.6. The Morgan fingerprint density at radius 2 is 2.00 bits per heavy atom. The summed E-state index contributed by atoms with van der Waals surface area (Å²) in [6.45, 7) is 7.77. The van der Waals surface area contributed by atoms with E-state index in [1.807, 2.05) is 19.1 Å². The van der Waals surface area contributed by atoms with Gasteiger partial charge in [-0.15, -0.1) is 0 Å². The number of ether oxygens (including phenoxy) is 3. The SMILES string of the molecule is C=C(C)[C@H]1C[C@H](c2ccc(F)cc2)[C@H](CCCC)O[C@@H]1c1cc(Cl)cc(OC)c1OCC(=O)O. The van der Waals surface area contributed by atoms with Crippen molar-refractivity contribution in [3.05, 3.63) is 70.5 Å². The Labute approximate surface area is 205 Å². The van der Waals surface area contributed by atoms with Crippen LogP contribution in [0.5, 0.6) is 11.5 Å². The molecule has 1 saturated heterocycles. The molecule has 0 spiro atoms. The lowest BCUT2D eigenvalue weighted by atomic mass is 9.74. The van der Waals surface area contributed by atoms with Gasteiger partial charge in [0.15, 0.2) is 18.1 Å². The van der Waals surface area contributed by atoms with E-state index in [0.29, 0.717) is 22.1 Å². The van der Waals surface area contributed by atoms with Gasteiger partial charge in [0.05, 0.1) is 19.3 Å². The van der Waals surface area contributed by atoms with Crippen molar-refractivity contribution in [3.8, 4) is 11.5 Å². The predicted octanol–water partition coefficient (Wildman–Crippen LogP) is 6.95. The first-order valence-electron chi connectivity index (χ1n) is 11.5. The summed E-state index contributed by atoms with van der Waals surface area (Å²) in [6, 6.07) is 9.94. The van der Waals surface area contributed by atoms with Crippen molar-refractivity contribution >= 4 is 17.6 Å². The topological polar surface area (TPSA) is 65.0 Å². The molecule has 4 atom stereocenters. The van der Waals surface area contributed by atoms with Crippen LogP contribution in [-0.4, -0.2) is 30.9 Å². The minimum atomic E-state index is -1.10. The molecule has 1 aliphatic rings. The van der Waals surface area contributed by atoms with Gasteiger partial charge in [-0.25, -0.2) is 9.18 Å². The molecule has 1 fully saturated rings. The normalized spacial score (nSPS) is 22.3. The van der Waals surface area contributed by atoms with Gasteiger partial charge in [0.25, 0.3) is 0 Å². The van der Waals surface area contributed by atoms with Crippen molar-refractivity contribution in [2.45, 2.75) is 57.7 Å². The quantitative estimate of drug-likeness (QED) is 0.365. The fourth-order valence-corrected chi connectivity index (χ4v) is 4.87. The molecule has 1 heterocycles. The van der Waals surface area contributed by atoms with Crippen LogP contribution in [0.25, 0.3) is 0 Å². The zero-order valence-corrected chi connectivity index (χ0v) is 20.6. The van der Waals surface area contributed by atoms with Crippen molar-refractivity contribution < 1.29 is 28.5 Å². The van der Waals surface area contributed by atoms with E-state index in [9.17, 15) is 14.3 Å². The molecule has 2 aromatic rings. The molecule has 1 aliphatic heterocycles. The summed E-state index contributed by atoms with van der Waals surface area (Å²) in [6.07, 6.45) is 3.00. The van der Waals surface area contributed by atoms with Crippen molar-refractivity contribution in [2.24, 2.45) is 5.92 Å². The zero-order chi connectivity index (χ0) is 24.8.